The van der Waals surface area contributed by atoms with Gasteiger partial charge < -0.3 is 15.0 Å². The van der Waals surface area contributed by atoms with E-state index in [1.165, 1.54) is 52.0 Å². The summed E-state index contributed by atoms with van der Waals surface area (Å²) in [7, 11) is 0. The number of nitrogens with zero attached hydrogens (tertiary/aromatic N) is 2. The second-order valence-electron chi connectivity index (χ2n) is 5.59. The molecule has 1 N–H and O–H groups in total. The van der Waals surface area contributed by atoms with Crippen molar-refractivity contribution in [3.8, 4) is 0 Å². The normalized spacial score (nSPS) is 32.8. The molecule has 0 spiro atoms. The van der Waals surface area contributed by atoms with E-state index in [0.29, 0.717) is 6.10 Å². The van der Waals surface area contributed by atoms with Crippen LogP contribution in [0.15, 0.2) is 0 Å². The van der Waals surface area contributed by atoms with E-state index in [1.807, 2.05) is 0 Å². The summed E-state index contributed by atoms with van der Waals surface area (Å²) >= 11 is 0. The molecule has 1 unspecified atom stereocenters. The highest BCUT2D eigenvalue weighted by atomic mass is 16.5. The predicted octanol–water partition coefficient (Wildman–Crippen LogP) is 0.145. The van der Waals surface area contributed by atoms with Crippen LogP contribution in [0.1, 0.15) is 19.3 Å². The monoisotopic (exact) mass is 239 g/mol. The molecule has 3 rings (SSSR count). The first kappa shape index (κ1) is 11.9. The topological polar surface area (TPSA) is 27.7 Å². The quantitative estimate of drug-likeness (QED) is 0.755. The summed E-state index contributed by atoms with van der Waals surface area (Å²) in [4.78, 5) is 5.28. The Hall–Kier alpha value is -0.160. The number of hydrogen-bond acceptors (Lipinski definition) is 4. The molecule has 2 aliphatic heterocycles. The highest BCUT2D eigenvalue weighted by Gasteiger charge is 2.31. The van der Waals surface area contributed by atoms with Crippen LogP contribution in [0.2, 0.25) is 0 Å². The third kappa shape index (κ3) is 3.41. The Bertz CT molecular complexity index is 231. The SMILES string of the molecule is C1COC(CCN2CCN(C3CC3)CC2)CN1. The lowest BCUT2D eigenvalue weighted by atomic mass is 10.2. The lowest BCUT2D eigenvalue weighted by molar-refractivity contribution is 0.0135. The maximum absolute atomic E-state index is 5.74. The number of rotatable bonds is 4. The van der Waals surface area contributed by atoms with E-state index in [0.717, 1.165) is 25.7 Å². The second kappa shape index (κ2) is 5.65. The van der Waals surface area contributed by atoms with E-state index >= 15 is 0 Å². The molecule has 17 heavy (non-hydrogen) atoms. The minimum absolute atomic E-state index is 0.449. The number of ether oxygens (including phenoxy) is 1. The van der Waals surface area contributed by atoms with Gasteiger partial charge in [0.15, 0.2) is 0 Å². The van der Waals surface area contributed by atoms with Crippen molar-refractivity contribution in [3.63, 3.8) is 0 Å². The molecule has 0 radical (unpaired) electrons. The van der Waals surface area contributed by atoms with Gasteiger partial charge in [0.1, 0.15) is 0 Å². The molecule has 4 heteroatoms. The highest BCUT2D eigenvalue weighted by Crippen LogP contribution is 2.27. The summed E-state index contributed by atoms with van der Waals surface area (Å²) in [5.74, 6) is 0. The van der Waals surface area contributed by atoms with Gasteiger partial charge in [-0.2, -0.15) is 0 Å². The first-order valence-corrected chi connectivity index (χ1v) is 7.20. The average molecular weight is 239 g/mol. The molecule has 2 heterocycles. The predicted molar refractivity (Wildman–Crippen MR) is 68.3 cm³/mol. The van der Waals surface area contributed by atoms with Crippen molar-refractivity contribution in [1.29, 1.82) is 0 Å². The molecule has 1 atom stereocenters. The van der Waals surface area contributed by atoms with Crippen LogP contribution >= 0.6 is 0 Å². The molecule has 1 saturated carbocycles. The minimum atomic E-state index is 0.449. The third-order valence-corrected chi connectivity index (χ3v) is 4.24. The number of hydrogen-bond donors (Lipinski definition) is 1. The maximum atomic E-state index is 5.74. The summed E-state index contributed by atoms with van der Waals surface area (Å²) in [5.41, 5.74) is 0. The van der Waals surface area contributed by atoms with Crippen molar-refractivity contribution in [2.75, 3.05) is 52.4 Å². The fourth-order valence-electron chi connectivity index (χ4n) is 2.92. The molecule has 0 aromatic heterocycles. The van der Waals surface area contributed by atoms with Crippen molar-refractivity contribution < 1.29 is 4.74 Å². The van der Waals surface area contributed by atoms with Gasteiger partial charge in [-0.15, -0.1) is 0 Å². The standard InChI is InChI=1S/C13H25N3O/c1-2-12(1)16-8-6-15(7-9-16)5-3-13-11-14-4-10-17-13/h12-14H,1-11H2. The lowest BCUT2D eigenvalue weighted by Gasteiger charge is -2.35. The molecule has 0 aromatic rings. The lowest BCUT2D eigenvalue weighted by Crippen LogP contribution is -2.48. The van der Waals surface area contributed by atoms with Gasteiger partial charge in [0.2, 0.25) is 0 Å². The van der Waals surface area contributed by atoms with E-state index in [9.17, 15) is 0 Å². The van der Waals surface area contributed by atoms with Crippen LogP contribution in [-0.4, -0.2) is 74.4 Å². The molecule has 0 amide bonds. The second-order valence-corrected chi connectivity index (χ2v) is 5.59. The highest BCUT2D eigenvalue weighted by molar-refractivity contribution is 4.87. The molecular weight excluding hydrogens is 214 g/mol. The van der Waals surface area contributed by atoms with E-state index in [4.69, 9.17) is 4.74 Å². The average Bonchev–Trinajstić information content (AvgIpc) is 3.23. The van der Waals surface area contributed by atoms with Crippen LogP contribution in [0.5, 0.6) is 0 Å². The fourth-order valence-corrected chi connectivity index (χ4v) is 2.92. The number of piperazine rings is 1. The maximum Gasteiger partial charge on any atom is 0.0712 e. The van der Waals surface area contributed by atoms with Crippen molar-refractivity contribution in [2.45, 2.75) is 31.4 Å². The van der Waals surface area contributed by atoms with Crippen LogP contribution in [0, 0.1) is 0 Å². The Kier molecular flexibility index (Phi) is 3.96. The summed E-state index contributed by atoms with van der Waals surface area (Å²) in [6.07, 6.45) is 4.53. The molecule has 3 aliphatic rings. The van der Waals surface area contributed by atoms with Crippen LogP contribution in [-0.2, 0) is 4.74 Å². The van der Waals surface area contributed by atoms with Crippen molar-refractivity contribution in [3.05, 3.63) is 0 Å². The summed E-state index contributed by atoms with van der Waals surface area (Å²) in [5, 5.41) is 3.40. The third-order valence-electron chi connectivity index (χ3n) is 4.24. The van der Waals surface area contributed by atoms with E-state index in [-0.39, 0.29) is 0 Å². The van der Waals surface area contributed by atoms with Gasteiger partial charge in [0, 0.05) is 51.9 Å². The van der Waals surface area contributed by atoms with Crippen molar-refractivity contribution in [2.24, 2.45) is 0 Å². The minimum Gasteiger partial charge on any atom is -0.376 e. The zero-order valence-electron chi connectivity index (χ0n) is 10.7. The molecular formula is C13H25N3O. The molecule has 2 saturated heterocycles. The van der Waals surface area contributed by atoms with Crippen LogP contribution in [0.25, 0.3) is 0 Å². The van der Waals surface area contributed by atoms with Crippen molar-refractivity contribution >= 4 is 0 Å². The summed E-state index contributed by atoms with van der Waals surface area (Å²) in [6, 6.07) is 0.947. The first-order chi connectivity index (χ1) is 8.42. The van der Waals surface area contributed by atoms with Gasteiger partial charge in [-0.25, -0.2) is 0 Å². The van der Waals surface area contributed by atoms with Crippen LogP contribution in [0.4, 0.5) is 0 Å². The van der Waals surface area contributed by atoms with E-state index < -0.39 is 0 Å². The van der Waals surface area contributed by atoms with Gasteiger partial charge in [0.25, 0.3) is 0 Å². The Morgan fingerprint density at radius 2 is 1.94 bits per heavy atom. The molecule has 3 fully saturated rings. The molecule has 98 valence electrons. The fraction of sp³-hybridized carbons (Fsp3) is 1.00. The van der Waals surface area contributed by atoms with Gasteiger partial charge in [-0.05, 0) is 19.3 Å². The van der Waals surface area contributed by atoms with Gasteiger partial charge in [-0.1, -0.05) is 0 Å². The largest absolute Gasteiger partial charge is 0.376 e. The van der Waals surface area contributed by atoms with Crippen LogP contribution in [0.3, 0.4) is 0 Å². The van der Waals surface area contributed by atoms with Crippen LogP contribution < -0.4 is 5.32 Å². The number of nitrogens with one attached hydrogen (secondary N) is 1. The Morgan fingerprint density at radius 3 is 2.59 bits per heavy atom. The van der Waals surface area contributed by atoms with Gasteiger partial charge in [0.05, 0.1) is 12.7 Å². The van der Waals surface area contributed by atoms with E-state index in [2.05, 4.69) is 15.1 Å². The molecule has 0 aromatic carbocycles. The van der Waals surface area contributed by atoms with Crippen molar-refractivity contribution in [1.82, 2.24) is 15.1 Å². The number of morpholine rings is 1. The van der Waals surface area contributed by atoms with Gasteiger partial charge in [-0.3, -0.25) is 4.90 Å². The zero-order valence-corrected chi connectivity index (χ0v) is 10.7. The molecule has 1 aliphatic carbocycles. The van der Waals surface area contributed by atoms with E-state index in [1.54, 1.807) is 0 Å². The summed E-state index contributed by atoms with van der Waals surface area (Å²) < 4.78 is 5.74. The summed E-state index contributed by atoms with van der Waals surface area (Å²) in [6.45, 7) is 9.26. The zero-order chi connectivity index (χ0) is 11.5. The smallest absolute Gasteiger partial charge is 0.0712 e. The Labute approximate surface area is 104 Å². The Balaban J connectivity index is 1.32. The van der Waals surface area contributed by atoms with Gasteiger partial charge >= 0.3 is 0 Å². The molecule has 4 nitrogen and oxygen atoms in total. The Morgan fingerprint density at radius 1 is 1.12 bits per heavy atom. The molecule has 0 bridgehead atoms. The first-order valence-electron chi connectivity index (χ1n) is 7.20.